The Bertz CT molecular complexity index is 454. The van der Waals surface area contributed by atoms with Crippen molar-refractivity contribution in [2.75, 3.05) is 11.5 Å². The van der Waals surface area contributed by atoms with Crippen LogP contribution in [0.15, 0.2) is 17.0 Å². The fraction of sp³-hybridized carbons (Fsp3) is 0.250. The van der Waals surface area contributed by atoms with Crippen LogP contribution in [0.3, 0.4) is 0 Å². The van der Waals surface area contributed by atoms with Crippen LogP contribution < -0.4 is 11.5 Å². The molecular formula is C8H12N2O3S. The number of rotatable bonds is 2. The molecule has 5 nitrogen and oxygen atoms in total. The Balaban J connectivity index is 3.55. The first-order chi connectivity index (χ1) is 6.38. The lowest BCUT2D eigenvalue weighted by Gasteiger charge is -2.10. The van der Waals surface area contributed by atoms with E-state index in [1.165, 1.54) is 12.1 Å². The van der Waals surface area contributed by atoms with Gasteiger partial charge in [-0.3, -0.25) is 4.55 Å². The third-order valence-electron chi connectivity index (χ3n) is 1.98. The van der Waals surface area contributed by atoms with Gasteiger partial charge in [0, 0.05) is 0 Å². The van der Waals surface area contributed by atoms with Gasteiger partial charge in [-0.2, -0.15) is 8.42 Å². The smallest absolute Gasteiger partial charge is 0.294 e. The maximum atomic E-state index is 10.9. The molecule has 6 heteroatoms. The number of hydrogen-bond acceptors (Lipinski definition) is 4. The second-order valence-corrected chi connectivity index (χ2v) is 4.26. The van der Waals surface area contributed by atoms with Crippen LogP contribution in [0.1, 0.15) is 12.5 Å². The maximum absolute atomic E-state index is 10.9. The molecule has 0 amide bonds. The second kappa shape index (κ2) is 3.47. The highest BCUT2D eigenvalue weighted by Gasteiger charge is 2.17. The van der Waals surface area contributed by atoms with Crippen LogP contribution in [0, 0.1) is 0 Å². The van der Waals surface area contributed by atoms with Crippen molar-refractivity contribution in [1.82, 2.24) is 0 Å². The fourth-order valence-electron chi connectivity index (χ4n) is 1.27. The molecule has 0 saturated carbocycles. The molecule has 0 unspecified atom stereocenters. The molecule has 0 spiro atoms. The molecule has 0 bridgehead atoms. The highest BCUT2D eigenvalue weighted by molar-refractivity contribution is 7.85. The topological polar surface area (TPSA) is 106 Å². The summed E-state index contributed by atoms with van der Waals surface area (Å²) in [6, 6.07) is 2.61. The van der Waals surface area contributed by atoms with Gasteiger partial charge in [0.05, 0.1) is 16.3 Å². The summed E-state index contributed by atoms with van der Waals surface area (Å²) in [5.74, 6) is 0. The molecule has 1 aromatic carbocycles. The molecule has 0 saturated heterocycles. The maximum Gasteiger partial charge on any atom is 0.294 e. The summed E-state index contributed by atoms with van der Waals surface area (Å²) in [6.45, 7) is 1.74. The fourth-order valence-corrected chi connectivity index (χ4v) is 2.07. The summed E-state index contributed by atoms with van der Waals surface area (Å²) in [5.41, 5.74) is 12.0. The summed E-state index contributed by atoms with van der Waals surface area (Å²) in [4.78, 5) is -0.174. The van der Waals surface area contributed by atoms with Crippen LogP contribution >= 0.6 is 0 Å². The van der Waals surface area contributed by atoms with Gasteiger partial charge >= 0.3 is 0 Å². The van der Waals surface area contributed by atoms with Crippen LogP contribution in [0.5, 0.6) is 0 Å². The Labute approximate surface area is 82.5 Å². The predicted molar refractivity (Wildman–Crippen MR) is 54.5 cm³/mol. The minimum atomic E-state index is -4.22. The second-order valence-electron chi connectivity index (χ2n) is 2.87. The van der Waals surface area contributed by atoms with E-state index >= 15 is 0 Å². The van der Waals surface area contributed by atoms with Crippen molar-refractivity contribution in [1.29, 1.82) is 0 Å². The zero-order valence-corrected chi connectivity index (χ0v) is 8.50. The van der Waals surface area contributed by atoms with Crippen molar-refractivity contribution in [2.45, 2.75) is 18.2 Å². The van der Waals surface area contributed by atoms with Gasteiger partial charge in [0.15, 0.2) is 0 Å². The van der Waals surface area contributed by atoms with Crippen LogP contribution in [0.2, 0.25) is 0 Å². The van der Waals surface area contributed by atoms with Gasteiger partial charge in [-0.25, -0.2) is 0 Å². The van der Waals surface area contributed by atoms with Crippen molar-refractivity contribution in [3.8, 4) is 0 Å². The third-order valence-corrected chi connectivity index (χ3v) is 2.92. The van der Waals surface area contributed by atoms with Gasteiger partial charge in [0.25, 0.3) is 10.1 Å². The van der Waals surface area contributed by atoms with Gasteiger partial charge < -0.3 is 11.5 Å². The van der Waals surface area contributed by atoms with Crippen LogP contribution in [-0.4, -0.2) is 13.0 Å². The van der Waals surface area contributed by atoms with Crippen LogP contribution in [-0.2, 0) is 16.5 Å². The molecule has 0 atom stereocenters. The molecule has 1 aromatic rings. The highest BCUT2D eigenvalue weighted by atomic mass is 32.2. The first-order valence-electron chi connectivity index (χ1n) is 4.02. The first kappa shape index (κ1) is 10.8. The van der Waals surface area contributed by atoms with Crippen LogP contribution in [0.25, 0.3) is 0 Å². The molecule has 0 aliphatic carbocycles. The number of nitrogen functional groups attached to an aromatic ring is 2. The lowest BCUT2D eigenvalue weighted by Crippen LogP contribution is -2.07. The summed E-state index contributed by atoms with van der Waals surface area (Å²) in [5, 5.41) is 0. The number of anilines is 2. The Hall–Kier alpha value is -1.27. The van der Waals surface area contributed by atoms with Crippen molar-refractivity contribution >= 4 is 21.5 Å². The molecule has 0 aromatic heterocycles. The molecule has 14 heavy (non-hydrogen) atoms. The molecule has 5 N–H and O–H groups in total. The lowest BCUT2D eigenvalue weighted by molar-refractivity contribution is 0.482. The van der Waals surface area contributed by atoms with E-state index in [9.17, 15) is 8.42 Å². The summed E-state index contributed by atoms with van der Waals surface area (Å²) >= 11 is 0. The normalized spacial score (nSPS) is 11.6. The van der Waals surface area contributed by atoms with E-state index in [1.54, 1.807) is 6.92 Å². The average Bonchev–Trinajstić information content (AvgIpc) is 2.07. The Kier molecular flexibility index (Phi) is 2.68. The monoisotopic (exact) mass is 216 g/mol. The standard InChI is InChI=1S/C8H12N2O3S/c1-2-5-7(14(11,12)13)4-3-6(9)8(5)10/h3-4H,2,9-10H2,1H3,(H,11,12,13). The van der Waals surface area contributed by atoms with Crippen molar-refractivity contribution in [3.63, 3.8) is 0 Å². The van der Waals surface area contributed by atoms with Crippen molar-refractivity contribution < 1.29 is 13.0 Å². The molecular weight excluding hydrogens is 204 g/mol. The van der Waals surface area contributed by atoms with Crippen molar-refractivity contribution in [3.05, 3.63) is 17.7 Å². The Morgan fingerprint density at radius 2 is 1.93 bits per heavy atom. The number of hydrogen-bond donors (Lipinski definition) is 3. The van der Waals surface area contributed by atoms with Gasteiger partial charge in [-0.1, -0.05) is 6.92 Å². The lowest BCUT2D eigenvalue weighted by atomic mass is 10.1. The molecule has 78 valence electrons. The SMILES string of the molecule is CCc1c(S(=O)(=O)O)ccc(N)c1N. The first-order valence-corrected chi connectivity index (χ1v) is 5.46. The molecule has 0 radical (unpaired) electrons. The van der Waals surface area contributed by atoms with E-state index < -0.39 is 10.1 Å². The van der Waals surface area contributed by atoms with Gasteiger partial charge in [0.1, 0.15) is 0 Å². The van der Waals surface area contributed by atoms with Gasteiger partial charge in [-0.05, 0) is 24.1 Å². The average molecular weight is 216 g/mol. The molecule has 0 fully saturated rings. The van der Waals surface area contributed by atoms with E-state index in [4.69, 9.17) is 16.0 Å². The Morgan fingerprint density at radius 3 is 2.36 bits per heavy atom. The van der Waals surface area contributed by atoms with Gasteiger partial charge in [-0.15, -0.1) is 0 Å². The third kappa shape index (κ3) is 1.80. The number of benzene rings is 1. The zero-order valence-electron chi connectivity index (χ0n) is 7.69. The molecule has 0 aliphatic heterocycles. The van der Waals surface area contributed by atoms with E-state index in [2.05, 4.69) is 0 Å². The van der Waals surface area contributed by atoms with E-state index in [0.717, 1.165) is 0 Å². The van der Waals surface area contributed by atoms with Gasteiger partial charge in [0.2, 0.25) is 0 Å². The minimum absolute atomic E-state index is 0.174. The molecule has 1 rings (SSSR count). The summed E-state index contributed by atoms with van der Waals surface area (Å²) < 4.78 is 30.8. The highest BCUT2D eigenvalue weighted by Crippen LogP contribution is 2.27. The van der Waals surface area contributed by atoms with E-state index in [0.29, 0.717) is 17.7 Å². The Morgan fingerprint density at radius 1 is 1.36 bits per heavy atom. The molecule has 0 aliphatic rings. The van der Waals surface area contributed by atoms with E-state index in [-0.39, 0.29) is 10.6 Å². The largest absolute Gasteiger partial charge is 0.397 e. The molecule has 0 heterocycles. The number of nitrogens with two attached hydrogens (primary N) is 2. The minimum Gasteiger partial charge on any atom is -0.397 e. The predicted octanol–water partition coefficient (Wildman–Crippen LogP) is 0.660. The quantitative estimate of drug-likeness (QED) is 0.497. The van der Waals surface area contributed by atoms with E-state index in [1.807, 2.05) is 0 Å². The summed E-state index contributed by atoms with van der Waals surface area (Å²) in [6.07, 6.45) is 0.395. The van der Waals surface area contributed by atoms with Crippen molar-refractivity contribution in [2.24, 2.45) is 0 Å². The van der Waals surface area contributed by atoms with Crippen LogP contribution in [0.4, 0.5) is 11.4 Å². The zero-order chi connectivity index (χ0) is 10.9. The summed E-state index contributed by atoms with van der Waals surface area (Å²) in [7, 11) is -4.22.